The number of aliphatic hydroxyl groups excluding tert-OH is 1. The zero-order chi connectivity index (χ0) is 13.4. The first-order valence-corrected chi connectivity index (χ1v) is 6.28. The molecule has 96 valence electrons. The predicted molar refractivity (Wildman–Crippen MR) is 71.6 cm³/mol. The summed E-state index contributed by atoms with van der Waals surface area (Å²) >= 11 is 5.93. The molecule has 1 aliphatic rings. The Hall–Kier alpha value is -1.84. The first-order valence-electron chi connectivity index (χ1n) is 5.90. The van der Waals surface area contributed by atoms with E-state index >= 15 is 0 Å². The van der Waals surface area contributed by atoms with E-state index in [0.29, 0.717) is 21.9 Å². The van der Waals surface area contributed by atoms with E-state index in [1.165, 1.54) is 0 Å². The second-order valence-electron chi connectivity index (χ2n) is 4.40. The average molecular weight is 275 g/mol. The fraction of sp³-hybridized carbons (Fsp3) is 0.133. The Morgan fingerprint density at radius 2 is 1.89 bits per heavy atom. The highest BCUT2D eigenvalue weighted by atomic mass is 35.5. The van der Waals surface area contributed by atoms with Gasteiger partial charge in [-0.1, -0.05) is 35.9 Å². The summed E-state index contributed by atoms with van der Waals surface area (Å²) in [6.45, 7) is 0. The van der Waals surface area contributed by atoms with E-state index < -0.39 is 12.2 Å². The van der Waals surface area contributed by atoms with Crippen LogP contribution in [0.25, 0.3) is 0 Å². The maximum atomic E-state index is 12.1. The second kappa shape index (κ2) is 4.68. The van der Waals surface area contributed by atoms with E-state index in [-0.39, 0.29) is 5.78 Å². The van der Waals surface area contributed by atoms with Crippen molar-refractivity contribution in [3.63, 3.8) is 0 Å². The van der Waals surface area contributed by atoms with E-state index in [4.69, 9.17) is 16.3 Å². The smallest absolute Gasteiger partial charge is 0.199 e. The van der Waals surface area contributed by atoms with Crippen molar-refractivity contribution in [2.45, 2.75) is 12.2 Å². The Balaban J connectivity index is 2.04. The zero-order valence-corrected chi connectivity index (χ0v) is 10.7. The molecule has 2 aromatic carbocycles. The highest BCUT2D eigenvalue weighted by Crippen LogP contribution is 2.35. The third-order valence-corrected chi connectivity index (χ3v) is 3.37. The number of benzene rings is 2. The molecule has 0 aliphatic carbocycles. The minimum absolute atomic E-state index is 0.327. The largest absolute Gasteiger partial charge is 0.482 e. The molecule has 1 heterocycles. The molecule has 0 aromatic heterocycles. The van der Waals surface area contributed by atoms with E-state index in [1.54, 1.807) is 48.5 Å². The molecule has 3 rings (SSSR count). The third kappa shape index (κ3) is 2.11. The van der Waals surface area contributed by atoms with Crippen molar-refractivity contribution in [1.29, 1.82) is 0 Å². The highest BCUT2D eigenvalue weighted by molar-refractivity contribution is 6.30. The maximum absolute atomic E-state index is 12.1. The minimum atomic E-state index is -1.21. The van der Waals surface area contributed by atoms with Gasteiger partial charge < -0.3 is 9.84 Å². The van der Waals surface area contributed by atoms with Crippen molar-refractivity contribution in [3.05, 3.63) is 64.7 Å². The number of aliphatic hydroxyl groups is 1. The first kappa shape index (κ1) is 12.2. The molecule has 1 N–H and O–H groups in total. The lowest BCUT2D eigenvalue weighted by Gasteiger charge is -2.29. The Labute approximate surface area is 115 Å². The van der Waals surface area contributed by atoms with Crippen LogP contribution in [0.4, 0.5) is 0 Å². The molecule has 0 fully saturated rings. The Bertz CT molecular complexity index is 639. The van der Waals surface area contributed by atoms with E-state index in [0.717, 1.165) is 0 Å². The molecular weight excluding hydrogens is 264 g/mol. The standard InChI is InChI=1S/C15H11ClO3/c16-10-5-3-4-9(8-10)15-14(18)13(17)11-6-1-2-7-12(11)19-15/h1-8,14-15,18H/t14?,15-/m1/s1. The van der Waals surface area contributed by atoms with Crippen LogP contribution in [0.2, 0.25) is 5.02 Å². The average Bonchev–Trinajstić information content (AvgIpc) is 2.43. The second-order valence-corrected chi connectivity index (χ2v) is 4.84. The van der Waals surface area contributed by atoms with Crippen LogP contribution in [0.5, 0.6) is 5.75 Å². The van der Waals surface area contributed by atoms with Gasteiger partial charge >= 0.3 is 0 Å². The molecule has 2 atom stereocenters. The number of fused-ring (bicyclic) bond motifs is 1. The van der Waals surface area contributed by atoms with Gasteiger partial charge in [-0.25, -0.2) is 0 Å². The van der Waals surface area contributed by atoms with Crippen molar-refractivity contribution in [3.8, 4) is 5.75 Å². The molecule has 4 heteroatoms. The third-order valence-electron chi connectivity index (χ3n) is 3.14. The molecule has 19 heavy (non-hydrogen) atoms. The van der Waals surface area contributed by atoms with Gasteiger partial charge in [0.05, 0.1) is 5.56 Å². The van der Waals surface area contributed by atoms with E-state index in [2.05, 4.69) is 0 Å². The van der Waals surface area contributed by atoms with Crippen LogP contribution in [0, 0.1) is 0 Å². The summed E-state index contributed by atoms with van der Waals surface area (Å²) in [6.07, 6.45) is -1.94. The van der Waals surface area contributed by atoms with Gasteiger partial charge in [0.15, 0.2) is 18.0 Å². The summed E-state index contributed by atoms with van der Waals surface area (Å²) < 4.78 is 5.73. The van der Waals surface area contributed by atoms with Crippen LogP contribution in [0.15, 0.2) is 48.5 Å². The Morgan fingerprint density at radius 1 is 1.11 bits per heavy atom. The summed E-state index contributed by atoms with van der Waals surface area (Å²) in [5, 5.41) is 10.7. The lowest BCUT2D eigenvalue weighted by atomic mass is 9.94. The molecule has 0 saturated carbocycles. The van der Waals surface area contributed by atoms with Crippen molar-refractivity contribution < 1.29 is 14.6 Å². The molecule has 0 saturated heterocycles. The van der Waals surface area contributed by atoms with Crippen LogP contribution in [0.1, 0.15) is 22.0 Å². The lowest BCUT2D eigenvalue weighted by molar-refractivity contribution is 0.0216. The van der Waals surface area contributed by atoms with Gasteiger partial charge in [0.25, 0.3) is 0 Å². The molecule has 0 bridgehead atoms. The number of halogens is 1. The van der Waals surface area contributed by atoms with Crippen LogP contribution in [0.3, 0.4) is 0 Å². The molecule has 3 nitrogen and oxygen atoms in total. The van der Waals surface area contributed by atoms with Crippen LogP contribution in [-0.2, 0) is 0 Å². The zero-order valence-electron chi connectivity index (χ0n) is 9.92. The number of Topliss-reactive ketones (excluding diaryl/α,β-unsaturated/α-hetero) is 1. The molecule has 0 radical (unpaired) electrons. The molecule has 2 aromatic rings. The number of carbonyl (C=O) groups excluding carboxylic acids is 1. The highest BCUT2D eigenvalue weighted by Gasteiger charge is 2.36. The van der Waals surface area contributed by atoms with Crippen molar-refractivity contribution in [2.75, 3.05) is 0 Å². The Morgan fingerprint density at radius 3 is 2.68 bits per heavy atom. The number of ether oxygens (including phenoxy) is 1. The van der Waals surface area contributed by atoms with Gasteiger partial charge in [-0.05, 0) is 29.8 Å². The van der Waals surface area contributed by atoms with Gasteiger partial charge in [0.1, 0.15) is 5.75 Å². The van der Waals surface area contributed by atoms with Gasteiger partial charge in [0, 0.05) is 5.02 Å². The number of hydrogen-bond donors (Lipinski definition) is 1. The predicted octanol–water partition coefficient (Wildman–Crippen LogP) is 3.02. The maximum Gasteiger partial charge on any atom is 0.199 e. The summed E-state index contributed by atoms with van der Waals surface area (Å²) in [7, 11) is 0. The quantitative estimate of drug-likeness (QED) is 0.869. The van der Waals surface area contributed by atoms with Gasteiger partial charge in [-0.3, -0.25) is 4.79 Å². The molecule has 0 spiro atoms. The van der Waals surface area contributed by atoms with Crippen molar-refractivity contribution in [2.24, 2.45) is 0 Å². The topological polar surface area (TPSA) is 46.5 Å². The minimum Gasteiger partial charge on any atom is -0.482 e. The van der Waals surface area contributed by atoms with Crippen molar-refractivity contribution >= 4 is 17.4 Å². The van der Waals surface area contributed by atoms with Gasteiger partial charge in [0.2, 0.25) is 0 Å². The molecule has 0 amide bonds. The van der Waals surface area contributed by atoms with Gasteiger partial charge in [-0.2, -0.15) is 0 Å². The monoisotopic (exact) mass is 274 g/mol. The normalized spacial score (nSPS) is 21.7. The Kier molecular flexibility index (Phi) is 3.01. The summed E-state index contributed by atoms with van der Waals surface area (Å²) in [6, 6.07) is 13.9. The number of hydrogen-bond acceptors (Lipinski definition) is 3. The summed E-state index contributed by atoms with van der Waals surface area (Å²) in [4.78, 5) is 12.1. The van der Waals surface area contributed by atoms with Gasteiger partial charge in [-0.15, -0.1) is 0 Å². The number of carbonyl (C=O) groups is 1. The molecular formula is C15H11ClO3. The fourth-order valence-corrected chi connectivity index (χ4v) is 2.40. The number of rotatable bonds is 1. The fourth-order valence-electron chi connectivity index (χ4n) is 2.20. The van der Waals surface area contributed by atoms with E-state index in [1.807, 2.05) is 0 Å². The molecule has 1 aliphatic heterocycles. The first-order chi connectivity index (χ1) is 9.16. The molecule has 1 unspecified atom stereocenters. The van der Waals surface area contributed by atoms with Crippen LogP contribution in [-0.4, -0.2) is 17.0 Å². The van der Waals surface area contributed by atoms with Crippen LogP contribution >= 0.6 is 11.6 Å². The van der Waals surface area contributed by atoms with Crippen LogP contribution < -0.4 is 4.74 Å². The number of ketones is 1. The number of para-hydroxylation sites is 1. The summed E-state index contributed by atoms with van der Waals surface area (Å²) in [5.41, 5.74) is 1.09. The summed E-state index contributed by atoms with van der Waals surface area (Å²) in [5.74, 6) is 0.162. The van der Waals surface area contributed by atoms with E-state index in [9.17, 15) is 9.90 Å². The SMILES string of the molecule is O=C1c2ccccc2O[C@H](c2cccc(Cl)c2)C1O. The van der Waals surface area contributed by atoms with Crippen molar-refractivity contribution in [1.82, 2.24) is 0 Å². The lowest BCUT2D eigenvalue weighted by Crippen LogP contribution is -2.36.